The van der Waals surface area contributed by atoms with Crippen molar-refractivity contribution in [3.63, 3.8) is 0 Å². The van der Waals surface area contributed by atoms with Gasteiger partial charge in [0, 0.05) is 19.7 Å². The minimum atomic E-state index is -0.951. The smallest absolute Gasteiger partial charge is 0.305 e. The number of amides is 1. The van der Waals surface area contributed by atoms with E-state index in [1.165, 1.54) is 17.0 Å². The third kappa shape index (κ3) is 3.98. The molecule has 7 heteroatoms. The largest absolute Gasteiger partial charge is 0.481 e. The molecule has 1 fully saturated rings. The van der Waals surface area contributed by atoms with Gasteiger partial charge in [0.15, 0.2) is 11.0 Å². The molecule has 0 bridgehead atoms. The Morgan fingerprint density at radius 3 is 2.80 bits per heavy atom. The molecule has 1 atom stereocenters. The number of hydrogen-bond acceptors (Lipinski definition) is 4. The van der Waals surface area contributed by atoms with Crippen LogP contribution in [0, 0.1) is 0 Å². The lowest BCUT2D eigenvalue weighted by molar-refractivity contribution is -0.137. The van der Waals surface area contributed by atoms with Gasteiger partial charge in [-0.1, -0.05) is 0 Å². The van der Waals surface area contributed by atoms with Gasteiger partial charge in [0.1, 0.15) is 0 Å². The maximum atomic E-state index is 12.3. The van der Waals surface area contributed by atoms with E-state index in [4.69, 9.17) is 25.9 Å². The molecule has 2 rings (SSSR count). The van der Waals surface area contributed by atoms with E-state index in [1.54, 1.807) is 0 Å². The first kappa shape index (κ1) is 14.9. The number of carbonyl (C=O) groups excluding carboxylic acids is 1. The molecule has 1 aromatic rings. The molecule has 0 radical (unpaired) electrons. The maximum Gasteiger partial charge on any atom is 0.305 e. The van der Waals surface area contributed by atoms with Crippen LogP contribution in [-0.4, -0.2) is 47.7 Å². The Bertz CT molecular complexity index is 481. The first-order valence-corrected chi connectivity index (χ1v) is 6.82. The van der Waals surface area contributed by atoms with E-state index < -0.39 is 5.97 Å². The van der Waals surface area contributed by atoms with Crippen LogP contribution in [0.2, 0.25) is 5.22 Å². The van der Waals surface area contributed by atoms with Crippen LogP contribution < -0.4 is 0 Å². The second-order valence-electron chi connectivity index (χ2n) is 4.63. The average molecular weight is 302 g/mol. The molecular weight excluding hydrogens is 286 g/mol. The van der Waals surface area contributed by atoms with Crippen molar-refractivity contribution in [3.05, 3.63) is 23.1 Å². The molecule has 1 aromatic heterocycles. The fraction of sp³-hybridized carbons (Fsp3) is 0.538. The monoisotopic (exact) mass is 301 g/mol. The van der Waals surface area contributed by atoms with Crippen molar-refractivity contribution in [2.24, 2.45) is 0 Å². The van der Waals surface area contributed by atoms with Crippen LogP contribution in [0.3, 0.4) is 0 Å². The molecule has 0 aromatic carbocycles. The average Bonchev–Trinajstić information content (AvgIpc) is 3.04. The molecule has 2 heterocycles. The van der Waals surface area contributed by atoms with Crippen LogP contribution in [0.15, 0.2) is 16.5 Å². The van der Waals surface area contributed by atoms with Crippen LogP contribution in [0.5, 0.6) is 0 Å². The van der Waals surface area contributed by atoms with E-state index >= 15 is 0 Å². The SMILES string of the molecule is O=C(O)CCN(CC1CCCO1)C(=O)c1ccc(Cl)o1. The molecule has 6 nitrogen and oxygen atoms in total. The topological polar surface area (TPSA) is 80.0 Å². The molecule has 0 spiro atoms. The number of aliphatic carboxylic acids is 1. The van der Waals surface area contributed by atoms with Gasteiger partial charge in [0.2, 0.25) is 0 Å². The summed E-state index contributed by atoms with van der Waals surface area (Å²) in [4.78, 5) is 24.4. The van der Waals surface area contributed by atoms with Gasteiger partial charge in [0.05, 0.1) is 12.5 Å². The molecule has 0 aliphatic carbocycles. The summed E-state index contributed by atoms with van der Waals surface area (Å²) in [5, 5.41) is 8.89. The molecule has 110 valence electrons. The van der Waals surface area contributed by atoms with Crippen LogP contribution >= 0.6 is 11.6 Å². The molecule has 1 aliphatic heterocycles. The molecule has 1 N–H and O–H groups in total. The fourth-order valence-electron chi connectivity index (χ4n) is 2.13. The number of hydrogen-bond donors (Lipinski definition) is 1. The lowest BCUT2D eigenvalue weighted by Crippen LogP contribution is -2.38. The zero-order valence-corrected chi connectivity index (χ0v) is 11.6. The van der Waals surface area contributed by atoms with Crippen molar-refractivity contribution in [1.29, 1.82) is 0 Å². The Morgan fingerprint density at radius 2 is 2.25 bits per heavy atom. The minimum Gasteiger partial charge on any atom is -0.481 e. The van der Waals surface area contributed by atoms with Gasteiger partial charge in [-0.3, -0.25) is 9.59 Å². The van der Waals surface area contributed by atoms with Gasteiger partial charge in [-0.2, -0.15) is 0 Å². The number of carbonyl (C=O) groups is 2. The number of halogens is 1. The van der Waals surface area contributed by atoms with Crippen molar-refractivity contribution in [2.75, 3.05) is 19.7 Å². The summed E-state index contributed by atoms with van der Waals surface area (Å²) in [7, 11) is 0. The predicted octanol–water partition coefficient (Wildman–Crippen LogP) is 2.03. The zero-order valence-electron chi connectivity index (χ0n) is 10.9. The summed E-state index contributed by atoms with van der Waals surface area (Å²) in [6.45, 7) is 1.16. The van der Waals surface area contributed by atoms with Gasteiger partial charge in [-0.05, 0) is 36.6 Å². The van der Waals surface area contributed by atoms with Gasteiger partial charge in [0.25, 0.3) is 5.91 Å². The van der Waals surface area contributed by atoms with Crippen molar-refractivity contribution in [2.45, 2.75) is 25.4 Å². The number of nitrogens with zero attached hydrogens (tertiary/aromatic N) is 1. The highest BCUT2D eigenvalue weighted by atomic mass is 35.5. The van der Waals surface area contributed by atoms with Crippen molar-refractivity contribution >= 4 is 23.5 Å². The fourth-order valence-corrected chi connectivity index (χ4v) is 2.27. The summed E-state index contributed by atoms with van der Waals surface area (Å²) in [5.41, 5.74) is 0. The first-order valence-electron chi connectivity index (χ1n) is 6.44. The van der Waals surface area contributed by atoms with E-state index in [-0.39, 0.29) is 36.0 Å². The third-order valence-electron chi connectivity index (χ3n) is 3.11. The standard InChI is InChI=1S/C13H16ClNO5/c14-11-4-3-10(20-11)13(18)15(6-5-12(16)17)8-9-2-1-7-19-9/h3-4,9H,1-2,5-8H2,(H,16,17). The number of rotatable bonds is 6. The highest BCUT2D eigenvalue weighted by Crippen LogP contribution is 2.18. The Labute approximate surface area is 121 Å². The van der Waals surface area contributed by atoms with Crippen molar-refractivity contribution < 1.29 is 23.8 Å². The highest BCUT2D eigenvalue weighted by Gasteiger charge is 2.25. The van der Waals surface area contributed by atoms with Crippen LogP contribution in [0.4, 0.5) is 0 Å². The molecular formula is C13H16ClNO5. The molecule has 1 aliphatic rings. The van der Waals surface area contributed by atoms with Crippen molar-refractivity contribution in [3.8, 4) is 0 Å². The summed E-state index contributed by atoms with van der Waals surface area (Å²) < 4.78 is 10.6. The Balaban J connectivity index is 2.03. The van der Waals surface area contributed by atoms with Gasteiger partial charge in [-0.15, -0.1) is 0 Å². The second kappa shape index (κ2) is 6.76. The third-order valence-corrected chi connectivity index (χ3v) is 3.32. The minimum absolute atomic E-state index is 0.0434. The highest BCUT2D eigenvalue weighted by molar-refractivity contribution is 6.29. The lowest BCUT2D eigenvalue weighted by atomic mass is 10.2. The van der Waals surface area contributed by atoms with E-state index in [0.717, 1.165) is 12.8 Å². The van der Waals surface area contributed by atoms with E-state index in [2.05, 4.69) is 0 Å². The summed E-state index contributed by atoms with van der Waals surface area (Å²) in [6.07, 6.45) is 1.67. The number of carboxylic acid groups (broad SMARTS) is 1. The summed E-state index contributed by atoms with van der Waals surface area (Å²) in [6, 6.07) is 2.96. The maximum absolute atomic E-state index is 12.3. The van der Waals surface area contributed by atoms with Gasteiger partial charge < -0.3 is 19.2 Å². The predicted molar refractivity (Wildman–Crippen MR) is 70.8 cm³/mol. The van der Waals surface area contributed by atoms with Gasteiger partial charge >= 0.3 is 5.97 Å². The van der Waals surface area contributed by atoms with Crippen LogP contribution in [0.25, 0.3) is 0 Å². The molecule has 0 saturated carbocycles. The van der Waals surface area contributed by atoms with Crippen LogP contribution in [0.1, 0.15) is 29.8 Å². The van der Waals surface area contributed by atoms with E-state index in [9.17, 15) is 9.59 Å². The van der Waals surface area contributed by atoms with Gasteiger partial charge in [-0.25, -0.2) is 0 Å². The van der Waals surface area contributed by atoms with Crippen LogP contribution in [-0.2, 0) is 9.53 Å². The Morgan fingerprint density at radius 1 is 1.45 bits per heavy atom. The molecule has 1 unspecified atom stereocenters. The molecule has 1 amide bonds. The lowest BCUT2D eigenvalue weighted by Gasteiger charge is -2.23. The normalized spacial score (nSPS) is 18.1. The molecule has 20 heavy (non-hydrogen) atoms. The van der Waals surface area contributed by atoms with E-state index in [0.29, 0.717) is 13.2 Å². The zero-order chi connectivity index (χ0) is 14.5. The number of ether oxygens (including phenoxy) is 1. The number of carboxylic acids is 1. The second-order valence-corrected chi connectivity index (χ2v) is 5.01. The van der Waals surface area contributed by atoms with Crippen molar-refractivity contribution in [1.82, 2.24) is 4.90 Å². The Kier molecular flexibility index (Phi) is 5.03. The summed E-state index contributed by atoms with van der Waals surface area (Å²) in [5.74, 6) is -1.21. The summed E-state index contributed by atoms with van der Waals surface area (Å²) >= 11 is 5.65. The van der Waals surface area contributed by atoms with E-state index in [1.807, 2.05) is 0 Å². The first-order chi connectivity index (χ1) is 9.56. The quantitative estimate of drug-likeness (QED) is 0.869. The molecule has 1 saturated heterocycles. The number of furan rings is 1. The Hall–Kier alpha value is -1.53.